The molecule has 2 fully saturated rings. The van der Waals surface area contributed by atoms with Gasteiger partial charge in [0, 0.05) is 32.8 Å². The topological polar surface area (TPSA) is 59.3 Å². The van der Waals surface area contributed by atoms with Gasteiger partial charge in [0.2, 0.25) is 0 Å². The summed E-state index contributed by atoms with van der Waals surface area (Å²) >= 11 is 0. The van der Waals surface area contributed by atoms with Crippen LogP contribution in [0.5, 0.6) is 0 Å². The van der Waals surface area contributed by atoms with Crippen LogP contribution >= 0.6 is 0 Å². The molecule has 1 aromatic heterocycles. The average molecular weight is 403 g/mol. The maximum absolute atomic E-state index is 14.2. The highest BCUT2D eigenvalue weighted by Crippen LogP contribution is 2.28. The van der Waals surface area contributed by atoms with Crippen LogP contribution in [-0.2, 0) is 11.3 Å². The second-order valence-corrected chi connectivity index (χ2v) is 7.99. The number of anilines is 1. The first kappa shape index (κ1) is 20.2. The van der Waals surface area contributed by atoms with Crippen LogP contribution in [0.2, 0.25) is 0 Å². The molecule has 7 nitrogen and oxygen atoms in total. The molecule has 0 bridgehead atoms. The van der Waals surface area contributed by atoms with E-state index in [0.717, 1.165) is 77.3 Å². The van der Waals surface area contributed by atoms with Gasteiger partial charge in [0.1, 0.15) is 5.82 Å². The van der Waals surface area contributed by atoms with Crippen molar-refractivity contribution in [2.75, 3.05) is 37.7 Å². The predicted octanol–water partition coefficient (Wildman–Crippen LogP) is 3.04. The molecule has 0 spiro atoms. The number of piperazine rings is 1. The smallest absolute Gasteiger partial charge is 0.168 e. The zero-order valence-electron chi connectivity index (χ0n) is 17.2. The number of unbranched alkanes of at least 4 members (excludes halogenated alkanes) is 1. The van der Waals surface area contributed by atoms with Gasteiger partial charge in [-0.3, -0.25) is 4.90 Å². The number of ether oxygens (including phenoxy) is 1. The SMILES string of the molecule is CCCC[C@H](c1nnnn1C[C@@H]1CCCO1)N1CCN(c2ccccc2F)CC1. The van der Waals surface area contributed by atoms with Gasteiger partial charge < -0.3 is 9.64 Å². The van der Waals surface area contributed by atoms with Gasteiger partial charge in [-0.15, -0.1) is 5.10 Å². The molecule has 3 heterocycles. The summed E-state index contributed by atoms with van der Waals surface area (Å²) in [6.07, 6.45) is 5.69. The Hall–Kier alpha value is -2.06. The van der Waals surface area contributed by atoms with E-state index in [1.165, 1.54) is 6.07 Å². The van der Waals surface area contributed by atoms with Crippen molar-refractivity contribution < 1.29 is 9.13 Å². The molecule has 4 rings (SSSR count). The molecule has 2 aliphatic rings. The van der Waals surface area contributed by atoms with Gasteiger partial charge >= 0.3 is 0 Å². The van der Waals surface area contributed by atoms with E-state index in [0.29, 0.717) is 5.69 Å². The van der Waals surface area contributed by atoms with Gasteiger partial charge in [-0.1, -0.05) is 31.9 Å². The summed E-state index contributed by atoms with van der Waals surface area (Å²) in [5, 5.41) is 12.7. The molecule has 2 saturated heterocycles. The van der Waals surface area contributed by atoms with Gasteiger partial charge in [0.05, 0.1) is 24.4 Å². The average Bonchev–Trinajstić information content (AvgIpc) is 3.42. The van der Waals surface area contributed by atoms with Crippen molar-refractivity contribution in [1.29, 1.82) is 0 Å². The molecule has 2 aliphatic heterocycles. The van der Waals surface area contributed by atoms with E-state index >= 15 is 0 Å². The van der Waals surface area contributed by atoms with Gasteiger partial charge in [-0.25, -0.2) is 9.07 Å². The second-order valence-electron chi connectivity index (χ2n) is 7.99. The Morgan fingerprint density at radius 1 is 1.21 bits per heavy atom. The first-order valence-corrected chi connectivity index (χ1v) is 10.9. The number of aromatic nitrogens is 4. The Bertz CT molecular complexity index is 770. The molecule has 0 saturated carbocycles. The minimum absolute atomic E-state index is 0.149. The molecule has 29 heavy (non-hydrogen) atoms. The van der Waals surface area contributed by atoms with Gasteiger partial charge in [0.25, 0.3) is 0 Å². The number of para-hydroxylation sites is 1. The Kier molecular flexibility index (Phi) is 6.71. The number of tetrazole rings is 1. The summed E-state index contributed by atoms with van der Waals surface area (Å²) in [5.41, 5.74) is 0.695. The van der Waals surface area contributed by atoms with Crippen molar-refractivity contribution in [2.24, 2.45) is 0 Å². The van der Waals surface area contributed by atoms with Crippen LogP contribution in [0.4, 0.5) is 10.1 Å². The molecule has 1 aromatic carbocycles. The first-order chi connectivity index (χ1) is 14.3. The summed E-state index contributed by atoms with van der Waals surface area (Å²) in [6, 6.07) is 7.22. The van der Waals surface area contributed by atoms with Crippen molar-refractivity contribution in [3.8, 4) is 0 Å². The lowest BCUT2D eigenvalue weighted by Crippen LogP contribution is -2.48. The van der Waals surface area contributed by atoms with Gasteiger partial charge in [-0.05, 0) is 41.8 Å². The molecule has 0 radical (unpaired) electrons. The van der Waals surface area contributed by atoms with Crippen molar-refractivity contribution >= 4 is 5.69 Å². The fourth-order valence-corrected chi connectivity index (χ4v) is 4.42. The van der Waals surface area contributed by atoms with Crippen LogP contribution in [0.3, 0.4) is 0 Å². The number of nitrogens with zero attached hydrogens (tertiary/aromatic N) is 6. The summed E-state index contributed by atoms with van der Waals surface area (Å²) in [7, 11) is 0. The van der Waals surface area contributed by atoms with Crippen LogP contribution in [-0.4, -0.2) is 64.0 Å². The number of halogens is 1. The molecular weight excluding hydrogens is 371 g/mol. The highest BCUT2D eigenvalue weighted by molar-refractivity contribution is 5.48. The molecule has 2 aromatic rings. The fourth-order valence-electron chi connectivity index (χ4n) is 4.42. The first-order valence-electron chi connectivity index (χ1n) is 10.9. The highest BCUT2D eigenvalue weighted by atomic mass is 19.1. The molecule has 0 unspecified atom stereocenters. The summed E-state index contributed by atoms with van der Waals surface area (Å²) < 4.78 is 21.9. The predicted molar refractivity (Wildman–Crippen MR) is 109 cm³/mol. The maximum atomic E-state index is 14.2. The Labute approximate surface area is 171 Å². The summed E-state index contributed by atoms with van der Waals surface area (Å²) in [4.78, 5) is 4.60. The Balaban J connectivity index is 1.45. The minimum atomic E-state index is -0.149. The second kappa shape index (κ2) is 9.63. The van der Waals surface area contributed by atoms with E-state index in [1.807, 2.05) is 16.8 Å². The van der Waals surface area contributed by atoms with E-state index in [2.05, 4.69) is 32.2 Å². The lowest BCUT2D eigenvalue weighted by Gasteiger charge is -2.40. The summed E-state index contributed by atoms with van der Waals surface area (Å²) in [5.74, 6) is 0.789. The zero-order valence-corrected chi connectivity index (χ0v) is 17.2. The number of benzene rings is 1. The fraction of sp³-hybridized carbons (Fsp3) is 0.667. The minimum Gasteiger partial charge on any atom is -0.376 e. The Morgan fingerprint density at radius 2 is 2.03 bits per heavy atom. The number of hydrogen-bond acceptors (Lipinski definition) is 6. The molecule has 0 N–H and O–H groups in total. The maximum Gasteiger partial charge on any atom is 0.168 e. The van der Waals surface area contributed by atoms with Gasteiger partial charge in [-0.2, -0.15) is 0 Å². The van der Waals surface area contributed by atoms with Crippen molar-refractivity contribution in [2.45, 2.75) is 57.7 Å². The lowest BCUT2D eigenvalue weighted by molar-refractivity contribution is 0.0890. The number of hydrogen-bond donors (Lipinski definition) is 0. The van der Waals surface area contributed by atoms with Crippen LogP contribution in [0.15, 0.2) is 24.3 Å². The van der Waals surface area contributed by atoms with E-state index in [-0.39, 0.29) is 18.0 Å². The highest BCUT2D eigenvalue weighted by Gasteiger charge is 2.30. The molecule has 0 aliphatic carbocycles. The largest absolute Gasteiger partial charge is 0.376 e. The number of rotatable bonds is 8. The van der Waals surface area contributed by atoms with E-state index < -0.39 is 0 Å². The normalized spacial score (nSPS) is 21.6. The van der Waals surface area contributed by atoms with Crippen molar-refractivity contribution in [1.82, 2.24) is 25.1 Å². The van der Waals surface area contributed by atoms with Crippen LogP contribution < -0.4 is 4.90 Å². The third-order valence-corrected chi connectivity index (χ3v) is 6.04. The van der Waals surface area contributed by atoms with Crippen LogP contribution in [0.1, 0.15) is 50.9 Å². The van der Waals surface area contributed by atoms with E-state index in [1.54, 1.807) is 6.07 Å². The third-order valence-electron chi connectivity index (χ3n) is 6.04. The summed E-state index contributed by atoms with van der Waals surface area (Å²) in [6.45, 7) is 7.11. The third kappa shape index (κ3) is 4.75. The zero-order chi connectivity index (χ0) is 20.1. The molecule has 8 heteroatoms. The standard InChI is InChI=1S/C21H31FN6O/c1-2-3-9-20(21-23-24-25-28(21)16-17-7-6-15-29-17)27-13-11-26(12-14-27)19-10-5-4-8-18(19)22/h4-5,8,10,17,20H,2-3,6-7,9,11-16H2,1H3/t17-,20+/m0/s1. The molecule has 158 valence electrons. The van der Waals surface area contributed by atoms with Crippen molar-refractivity contribution in [3.05, 3.63) is 35.9 Å². The lowest BCUT2D eigenvalue weighted by atomic mass is 10.1. The quantitative estimate of drug-likeness (QED) is 0.676. The Morgan fingerprint density at radius 3 is 2.76 bits per heavy atom. The van der Waals surface area contributed by atoms with Crippen molar-refractivity contribution in [3.63, 3.8) is 0 Å². The van der Waals surface area contributed by atoms with E-state index in [9.17, 15) is 4.39 Å². The van der Waals surface area contributed by atoms with Gasteiger partial charge in [0.15, 0.2) is 5.82 Å². The van der Waals surface area contributed by atoms with E-state index in [4.69, 9.17) is 4.74 Å². The van der Waals surface area contributed by atoms with Crippen LogP contribution in [0.25, 0.3) is 0 Å². The molecular formula is C21H31FN6O. The molecule has 0 amide bonds. The van der Waals surface area contributed by atoms with Crippen LogP contribution in [0, 0.1) is 5.82 Å². The molecule has 2 atom stereocenters. The monoisotopic (exact) mass is 402 g/mol.